The Morgan fingerprint density at radius 1 is 1.26 bits per heavy atom. The van der Waals surface area contributed by atoms with Crippen LogP contribution in [0.1, 0.15) is 11.1 Å². The topological polar surface area (TPSA) is 45.9 Å². The molecule has 0 unspecified atom stereocenters. The Kier molecular flexibility index (Phi) is 4.28. The molecule has 0 N–H and O–H groups in total. The molecule has 2 aromatic carbocycles. The van der Waals surface area contributed by atoms with Crippen LogP contribution in [0.15, 0.2) is 42.5 Å². The molecule has 114 valence electrons. The molecule has 0 atom stereocenters. The van der Waals surface area contributed by atoms with Crippen LogP contribution in [0.3, 0.4) is 0 Å². The third-order valence-electron chi connectivity index (χ3n) is 3.16. The molecule has 3 rings (SSSR count). The van der Waals surface area contributed by atoms with Gasteiger partial charge in [-0.15, -0.1) is 0 Å². The lowest BCUT2D eigenvalue weighted by Gasteiger charge is -2.06. The minimum Gasteiger partial charge on any atom is -0.442 e. The smallest absolute Gasteiger partial charge is 0.218 e. The Hall–Kier alpha value is -2.42. The molecule has 0 bridgehead atoms. The molecule has 0 radical (unpaired) electrons. The first-order chi connectivity index (χ1) is 11.1. The molecule has 0 fully saturated rings. The number of benzene rings is 2. The second-order valence-electron chi connectivity index (χ2n) is 4.85. The summed E-state index contributed by atoms with van der Waals surface area (Å²) in [5.41, 5.74) is 2.18. The van der Waals surface area contributed by atoms with Gasteiger partial charge in [0.1, 0.15) is 28.9 Å². The van der Waals surface area contributed by atoms with Gasteiger partial charge >= 0.3 is 0 Å². The number of nitriles is 1. The van der Waals surface area contributed by atoms with Crippen molar-refractivity contribution in [3.8, 4) is 28.1 Å². The fourth-order valence-electron chi connectivity index (χ4n) is 2.06. The maximum Gasteiger partial charge on any atom is 0.218 e. The van der Waals surface area contributed by atoms with E-state index in [4.69, 9.17) is 16.3 Å². The minimum absolute atomic E-state index is 0.262. The van der Waals surface area contributed by atoms with Gasteiger partial charge in [-0.25, -0.2) is 4.39 Å². The molecule has 6 heteroatoms. The van der Waals surface area contributed by atoms with Crippen molar-refractivity contribution in [3.05, 3.63) is 64.4 Å². The SMILES string of the molecule is Cc1ccc(Cl)c(Oc2snc(-c3cccc(F)c3)c2C#N)c1. The summed E-state index contributed by atoms with van der Waals surface area (Å²) in [4.78, 5) is 0. The summed E-state index contributed by atoms with van der Waals surface area (Å²) in [5, 5.41) is 10.2. The van der Waals surface area contributed by atoms with E-state index in [0.717, 1.165) is 17.1 Å². The van der Waals surface area contributed by atoms with Gasteiger partial charge in [0.05, 0.1) is 5.02 Å². The molecule has 0 spiro atoms. The lowest BCUT2D eigenvalue weighted by molar-refractivity contribution is 0.495. The number of ether oxygens (including phenoxy) is 1. The molecular formula is C17H10ClFN2OS. The summed E-state index contributed by atoms with van der Waals surface area (Å²) in [6.45, 7) is 1.92. The van der Waals surface area contributed by atoms with E-state index in [9.17, 15) is 9.65 Å². The number of nitrogens with zero attached hydrogens (tertiary/aromatic N) is 2. The highest BCUT2D eigenvalue weighted by Crippen LogP contribution is 2.38. The molecule has 3 nitrogen and oxygen atoms in total. The summed E-state index contributed by atoms with van der Waals surface area (Å²) < 4.78 is 23.4. The normalized spacial score (nSPS) is 10.3. The highest BCUT2D eigenvalue weighted by atomic mass is 35.5. The zero-order valence-electron chi connectivity index (χ0n) is 12.0. The number of halogens is 2. The largest absolute Gasteiger partial charge is 0.442 e. The van der Waals surface area contributed by atoms with Gasteiger partial charge in [0.25, 0.3) is 0 Å². The number of hydrogen-bond acceptors (Lipinski definition) is 4. The minimum atomic E-state index is -0.386. The second kappa shape index (κ2) is 6.37. The number of aromatic nitrogens is 1. The van der Waals surface area contributed by atoms with Gasteiger partial charge in [-0.05, 0) is 36.8 Å². The summed E-state index contributed by atoms with van der Waals surface area (Å²) in [6, 6.07) is 13.4. The Labute approximate surface area is 141 Å². The van der Waals surface area contributed by atoms with Gasteiger partial charge in [-0.1, -0.05) is 29.8 Å². The monoisotopic (exact) mass is 344 g/mol. The van der Waals surface area contributed by atoms with Crippen LogP contribution >= 0.6 is 23.1 Å². The Morgan fingerprint density at radius 2 is 2.09 bits per heavy atom. The molecular weight excluding hydrogens is 335 g/mol. The van der Waals surface area contributed by atoms with Gasteiger partial charge < -0.3 is 4.74 Å². The van der Waals surface area contributed by atoms with E-state index in [1.807, 2.05) is 13.0 Å². The van der Waals surface area contributed by atoms with E-state index in [0.29, 0.717) is 27.1 Å². The third kappa shape index (κ3) is 3.19. The molecule has 0 amide bonds. The van der Waals surface area contributed by atoms with Crippen LogP contribution in [-0.2, 0) is 0 Å². The summed E-state index contributed by atoms with van der Waals surface area (Å²) in [6.07, 6.45) is 0. The number of rotatable bonds is 3. The molecule has 0 aliphatic heterocycles. The first kappa shape index (κ1) is 15.5. The van der Waals surface area contributed by atoms with Crippen molar-refractivity contribution < 1.29 is 9.13 Å². The van der Waals surface area contributed by atoms with Gasteiger partial charge in [-0.2, -0.15) is 9.64 Å². The van der Waals surface area contributed by atoms with Crippen molar-refractivity contribution in [2.24, 2.45) is 0 Å². The summed E-state index contributed by atoms with van der Waals surface area (Å²) in [7, 11) is 0. The predicted molar refractivity (Wildman–Crippen MR) is 88.5 cm³/mol. The van der Waals surface area contributed by atoms with Crippen LogP contribution in [0.2, 0.25) is 5.02 Å². The molecule has 3 aromatic rings. The second-order valence-corrected chi connectivity index (χ2v) is 5.99. The van der Waals surface area contributed by atoms with Crippen LogP contribution in [0, 0.1) is 24.1 Å². The van der Waals surface area contributed by atoms with E-state index in [1.165, 1.54) is 12.1 Å². The van der Waals surface area contributed by atoms with E-state index >= 15 is 0 Å². The van der Waals surface area contributed by atoms with Gasteiger partial charge in [-0.3, -0.25) is 0 Å². The van der Waals surface area contributed by atoms with Gasteiger partial charge in [0.15, 0.2) is 0 Å². The maximum absolute atomic E-state index is 13.4. The van der Waals surface area contributed by atoms with Crippen molar-refractivity contribution in [1.29, 1.82) is 5.26 Å². The van der Waals surface area contributed by atoms with Crippen LogP contribution in [0.5, 0.6) is 10.8 Å². The fraction of sp³-hybridized carbons (Fsp3) is 0.0588. The standard InChI is InChI=1S/C17H10ClFN2OS/c1-10-5-6-14(18)15(7-10)22-17-13(9-20)16(21-23-17)11-3-2-4-12(19)8-11/h2-8H,1H3. The van der Waals surface area contributed by atoms with Crippen LogP contribution in [-0.4, -0.2) is 4.37 Å². The third-order valence-corrected chi connectivity index (χ3v) is 4.20. The average Bonchev–Trinajstić information content (AvgIpc) is 2.93. The Morgan fingerprint density at radius 3 is 2.83 bits per heavy atom. The first-order valence-corrected chi connectivity index (χ1v) is 7.83. The van der Waals surface area contributed by atoms with Crippen molar-refractivity contribution in [2.75, 3.05) is 0 Å². The van der Waals surface area contributed by atoms with Crippen LogP contribution in [0.25, 0.3) is 11.3 Å². The van der Waals surface area contributed by atoms with Crippen molar-refractivity contribution in [3.63, 3.8) is 0 Å². The zero-order valence-corrected chi connectivity index (χ0v) is 13.6. The molecule has 1 aromatic heterocycles. The average molecular weight is 345 g/mol. The highest BCUT2D eigenvalue weighted by molar-refractivity contribution is 7.08. The lowest BCUT2D eigenvalue weighted by Crippen LogP contribution is -1.88. The molecule has 0 aliphatic carbocycles. The fourth-order valence-corrected chi connectivity index (χ4v) is 2.95. The number of hydrogen-bond donors (Lipinski definition) is 0. The van der Waals surface area contributed by atoms with Crippen molar-refractivity contribution >= 4 is 23.1 Å². The Bertz CT molecular complexity index is 917. The maximum atomic E-state index is 13.4. The molecule has 0 saturated carbocycles. The molecule has 1 heterocycles. The zero-order chi connectivity index (χ0) is 16.4. The van der Waals surface area contributed by atoms with Crippen LogP contribution in [0.4, 0.5) is 4.39 Å². The van der Waals surface area contributed by atoms with Gasteiger partial charge in [0.2, 0.25) is 5.06 Å². The van der Waals surface area contributed by atoms with E-state index in [-0.39, 0.29) is 11.4 Å². The van der Waals surface area contributed by atoms with Crippen molar-refractivity contribution in [1.82, 2.24) is 4.37 Å². The van der Waals surface area contributed by atoms with Crippen molar-refractivity contribution in [2.45, 2.75) is 6.92 Å². The molecule has 23 heavy (non-hydrogen) atoms. The van der Waals surface area contributed by atoms with Gasteiger partial charge in [0, 0.05) is 17.1 Å². The predicted octanol–water partition coefficient (Wildman–Crippen LogP) is 5.58. The molecule has 0 saturated heterocycles. The first-order valence-electron chi connectivity index (χ1n) is 6.68. The molecule has 0 aliphatic rings. The van der Waals surface area contributed by atoms with E-state index < -0.39 is 0 Å². The number of aryl methyl sites for hydroxylation is 1. The Balaban J connectivity index is 2.02. The quantitative estimate of drug-likeness (QED) is 0.623. The lowest BCUT2D eigenvalue weighted by atomic mass is 10.1. The summed E-state index contributed by atoms with van der Waals surface area (Å²) >= 11 is 7.15. The van der Waals surface area contributed by atoms with E-state index in [2.05, 4.69) is 10.4 Å². The highest BCUT2D eigenvalue weighted by Gasteiger charge is 2.18. The van der Waals surface area contributed by atoms with Crippen LogP contribution < -0.4 is 4.74 Å². The summed E-state index contributed by atoms with van der Waals surface area (Å²) in [5.74, 6) is 0.0706. The van der Waals surface area contributed by atoms with E-state index in [1.54, 1.807) is 24.3 Å².